The smallest absolute Gasteiger partial charge is 0.307 e. The van der Waals surface area contributed by atoms with Crippen molar-refractivity contribution >= 4 is 43.6 Å². The van der Waals surface area contributed by atoms with Gasteiger partial charge in [-0.1, -0.05) is 67.9 Å². The Bertz CT molecular complexity index is 1540. The standard InChI is InChI=1S/C35H34Br2O5/c1-22(2)27-20-32(42-35-29(36)17-25(18-30(35)37)19-33(38)39)28(34(40)26-14-9-10-23(3)16-26)21-31(27)41-15-8-7-13-24-11-5-4-6-12-24/h4-6,9-12,14,16-18,20-22H,7-8,13,15,19H2,1-3H3,(H,38,39). The third-order valence-corrected chi connectivity index (χ3v) is 8.02. The maximum Gasteiger partial charge on any atom is 0.307 e. The maximum atomic E-state index is 13.9. The molecule has 0 radical (unpaired) electrons. The summed E-state index contributed by atoms with van der Waals surface area (Å²) < 4.78 is 13.9. The number of aryl methyl sites for hydroxylation is 2. The van der Waals surface area contributed by atoms with Crippen LogP contribution in [0, 0.1) is 6.92 Å². The summed E-state index contributed by atoms with van der Waals surface area (Å²) in [6.45, 7) is 6.64. The lowest BCUT2D eigenvalue weighted by Crippen LogP contribution is -2.09. The Labute approximate surface area is 264 Å². The highest BCUT2D eigenvalue weighted by Crippen LogP contribution is 2.42. The van der Waals surface area contributed by atoms with Gasteiger partial charge in [-0.3, -0.25) is 9.59 Å². The number of ether oxygens (including phenoxy) is 2. The third kappa shape index (κ3) is 8.33. The van der Waals surface area contributed by atoms with Crippen LogP contribution in [-0.4, -0.2) is 23.5 Å². The second kappa shape index (κ2) is 14.7. The van der Waals surface area contributed by atoms with Crippen LogP contribution in [0.5, 0.6) is 17.2 Å². The molecule has 0 saturated heterocycles. The Morgan fingerprint density at radius 2 is 1.55 bits per heavy atom. The minimum absolute atomic E-state index is 0.111. The topological polar surface area (TPSA) is 72.8 Å². The van der Waals surface area contributed by atoms with E-state index < -0.39 is 5.97 Å². The average Bonchev–Trinajstić information content (AvgIpc) is 2.94. The molecular weight excluding hydrogens is 660 g/mol. The zero-order valence-electron chi connectivity index (χ0n) is 24.0. The Morgan fingerprint density at radius 1 is 0.833 bits per heavy atom. The normalized spacial score (nSPS) is 11.0. The third-order valence-electron chi connectivity index (χ3n) is 6.84. The summed E-state index contributed by atoms with van der Waals surface area (Å²) >= 11 is 7.06. The molecular formula is C35H34Br2O5. The lowest BCUT2D eigenvalue weighted by atomic mass is 9.95. The molecule has 1 N–H and O–H groups in total. The molecule has 0 fully saturated rings. The number of carbonyl (C=O) groups excluding carboxylic acids is 1. The fraction of sp³-hybridized carbons (Fsp3) is 0.257. The van der Waals surface area contributed by atoms with Gasteiger partial charge in [-0.25, -0.2) is 0 Å². The molecule has 0 aromatic heterocycles. The van der Waals surface area contributed by atoms with Gasteiger partial charge in [0.15, 0.2) is 11.5 Å². The summed E-state index contributed by atoms with van der Waals surface area (Å²) in [7, 11) is 0. The molecule has 0 aliphatic rings. The lowest BCUT2D eigenvalue weighted by Gasteiger charge is -2.20. The van der Waals surface area contributed by atoms with E-state index in [4.69, 9.17) is 9.47 Å². The van der Waals surface area contributed by atoms with Gasteiger partial charge < -0.3 is 14.6 Å². The molecule has 0 atom stereocenters. The monoisotopic (exact) mass is 692 g/mol. The Morgan fingerprint density at radius 3 is 2.19 bits per heavy atom. The second-order valence-electron chi connectivity index (χ2n) is 10.6. The van der Waals surface area contributed by atoms with Crippen molar-refractivity contribution in [3.63, 3.8) is 0 Å². The van der Waals surface area contributed by atoms with Crippen LogP contribution < -0.4 is 9.47 Å². The van der Waals surface area contributed by atoms with Gasteiger partial charge in [0.2, 0.25) is 0 Å². The van der Waals surface area contributed by atoms with E-state index in [2.05, 4.69) is 70.0 Å². The van der Waals surface area contributed by atoms with E-state index >= 15 is 0 Å². The van der Waals surface area contributed by atoms with Crippen molar-refractivity contribution in [1.29, 1.82) is 0 Å². The number of carboxylic acid groups (broad SMARTS) is 1. The molecule has 218 valence electrons. The average molecular weight is 694 g/mol. The first-order valence-corrected chi connectivity index (χ1v) is 15.5. The predicted octanol–water partition coefficient (Wildman–Crippen LogP) is 9.70. The van der Waals surface area contributed by atoms with E-state index in [1.165, 1.54) is 5.56 Å². The van der Waals surface area contributed by atoms with Crippen molar-refractivity contribution in [3.05, 3.63) is 121 Å². The van der Waals surface area contributed by atoms with Crippen molar-refractivity contribution in [1.82, 2.24) is 0 Å². The molecule has 42 heavy (non-hydrogen) atoms. The first-order valence-electron chi connectivity index (χ1n) is 14.0. The number of benzene rings is 4. The van der Waals surface area contributed by atoms with Crippen molar-refractivity contribution in [2.24, 2.45) is 0 Å². The molecule has 0 aliphatic heterocycles. The first-order chi connectivity index (χ1) is 20.1. The summed E-state index contributed by atoms with van der Waals surface area (Å²) in [6.07, 6.45) is 2.75. The number of halogens is 2. The number of unbranched alkanes of at least 4 members (excludes halogenated alkanes) is 1. The van der Waals surface area contributed by atoms with Gasteiger partial charge >= 0.3 is 5.97 Å². The zero-order valence-corrected chi connectivity index (χ0v) is 27.1. The fourth-order valence-electron chi connectivity index (χ4n) is 4.71. The van der Waals surface area contributed by atoms with Crippen LogP contribution in [-0.2, 0) is 17.6 Å². The Hall–Kier alpha value is -3.42. The summed E-state index contributed by atoms with van der Waals surface area (Å²) in [4.78, 5) is 25.1. The number of hydrogen-bond donors (Lipinski definition) is 1. The number of rotatable bonds is 13. The Balaban J connectivity index is 1.67. The fourth-order valence-corrected chi connectivity index (χ4v) is 6.15. The molecule has 0 saturated carbocycles. The van der Waals surface area contributed by atoms with Crippen LogP contribution in [0.4, 0.5) is 0 Å². The molecule has 7 heteroatoms. The van der Waals surface area contributed by atoms with E-state index in [-0.39, 0.29) is 18.1 Å². The van der Waals surface area contributed by atoms with Gasteiger partial charge in [-0.15, -0.1) is 0 Å². The molecule has 5 nitrogen and oxygen atoms in total. The lowest BCUT2D eigenvalue weighted by molar-refractivity contribution is -0.136. The quantitative estimate of drug-likeness (QED) is 0.112. The zero-order chi connectivity index (χ0) is 30.2. The Kier molecular flexibility index (Phi) is 11.0. The molecule has 0 bridgehead atoms. The van der Waals surface area contributed by atoms with Gasteiger partial charge in [-0.05, 0) is 105 Å². The number of aliphatic carboxylic acids is 1. The molecule has 4 aromatic carbocycles. The minimum atomic E-state index is -0.925. The van der Waals surface area contributed by atoms with Crippen LogP contribution in [0.2, 0.25) is 0 Å². The van der Waals surface area contributed by atoms with Crippen LogP contribution in [0.1, 0.15) is 70.8 Å². The van der Waals surface area contributed by atoms with Crippen LogP contribution >= 0.6 is 31.9 Å². The molecule has 0 amide bonds. The van der Waals surface area contributed by atoms with Crippen molar-refractivity contribution in [2.45, 2.75) is 52.4 Å². The molecule has 0 aliphatic carbocycles. The molecule has 0 heterocycles. The van der Waals surface area contributed by atoms with Crippen molar-refractivity contribution < 1.29 is 24.2 Å². The summed E-state index contributed by atoms with van der Waals surface area (Å²) in [5, 5.41) is 9.22. The molecule has 0 spiro atoms. The van der Waals surface area contributed by atoms with Crippen LogP contribution in [0.3, 0.4) is 0 Å². The second-order valence-corrected chi connectivity index (χ2v) is 12.3. The van der Waals surface area contributed by atoms with Gasteiger partial charge in [0.25, 0.3) is 0 Å². The van der Waals surface area contributed by atoms with Crippen LogP contribution in [0.25, 0.3) is 0 Å². The largest absolute Gasteiger partial charge is 0.493 e. The van der Waals surface area contributed by atoms with Gasteiger partial charge in [0.1, 0.15) is 11.5 Å². The maximum absolute atomic E-state index is 13.9. The first kappa shape index (κ1) is 31.5. The highest BCUT2D eigenvalue weighted by atomic mass is 79.9. The summed E-state index contributed by atoms with van der Waals surface area (Å²) in [5.41, 5.74) is 4.78. The van der Waals surface area contributed by atoms with E-state index in [1.807, 2.05) is 37.3 Å². The van der Waals surface area contributed by atoms with Crippen LogP contribution in [0.15, 0.2) is 87.8 Å². The SMILES string of the molecule is Cc1cccc(C(=O)c2cc(OCCCCc3ccccc3)c(C(C)C)cc2Oc2c(Br)cc(CC(=O)O)cc2Br)c1. The predicted molar refractivity (Wildman–Crippen MR) is 173 cm³/mol. The molecule has 4 aromatic rings. The van der Waals surface area contributed by atoms with E-state index in [1.54, 1.807) is 24.3 Å². The molecule has 4 rings (SSSR count). The molecule has 0 unspecified atom stereocenters. The minimum Gasteiger partial charge on any atom is -0.493 e. The highest BCUT2D eigenvalue weighted by Gasteiger charge is 2.23. The van der Waals surface area contributed by atoms with E-state index in [0.29, 0.717) is 49.5 Å². The number of carboxylic acids is 1. The summed E-state index contributed by atoms with van der Waals surface area (Å²) in [6, 6.07) is 25.0. The van der Waals surface area contributed by atoms with Gasteiger partial charge in [0, 0.05) is 11.1 Å². The van der Waals surface area contributed by atoms with Crippen molar-refractivity contribution in [3.8, 4) is 17.2 Å². The van der Waals surface area contributed by atoms with Gasteiger partial charge in [0.05, 0.1) is 27.5 Å². The van der Waals surface area contributed by atoms with Crippen molar-refractivity contribution in [2.75, 3.05) is 6.61 Å². The van der Waals surface area contributed by atoms with E-state index in [0.717, 1.165) is 30.4 Å². The van der Waals surface area contributed by atoms with E-state index in [9.17, 15) is 14.7 Å². The highest BCUT2D eigenvalue weighted by molar-refractivity contribution is 9.11. The number of hydrogen-bond acceptors (Lipinski definition) is 4. The number of carbonyl (C=O) groups is 2. The summed E-state index contributed by atoms with van der Waals surface area (Å²) in [5.74, 6) is 0.529. The van der Waals surface area contributed by atoms with Gasteiger partial charge in [-0.2, -0.15) is 0 Å². The number of ketones is 1.